The number of benzene rings is 3. The molecule has 0 radical (unpaired) electrons. The summed E-state index contributed by atoms with van der Waals surface area (Å²) in [6.45, 7) is 4.73. The second kappa shape index (κ2) is 11.3. The highest BCUT2D eigenvalue weighted by molar-refractivity contribution is 6.36. The first-order chi connectivity index (χ1) is 20.4. The Morgan fingerprint density at radius 3 is 2.31 bits per heavy atom. The summed E-state index contributed by atoms with van der Waals surface area (Å²) >= 11 is 12.5. The van der Waals surface area contributed by atoms with E-state index in [2.05, 4.69) is 71.0 Å². The molecule has 1 amide bonds. The van der Waals surface area contributed by atoms with E-state index in [1.54, 1.807) is 18.2 Å². The number of carbonyl (C=O) groups excluding carboxylic acids is 1. The van der Waals surface area contributed by atoms with E-state index in [0.717, 1.165) is 50.2 Å². The minimum absolute atomic E-state index is 0.000708. The Kier molecular flexibility index (Phi) is 7.54. The quantitative estimate of drug-likeness (QED) is 0.224. The summed E-state index contributed by atoms with van der Waals surface area (Å²) in [5.41, 5.74) is 4.39. The zero-order valence-corrected chi connectivity index (χ0v) is 25.7. The molecule has 1 aromatic heterocycles. The number of aryl methyl sites for hydroxylation is 1. The molecule has 7 heteroatoms. The summed E-state index contributed by atoms with van der Waals surface area (Å²) in [5.74, 6) is 1.14. The maximum atomic E-state index is 13.4. The normalized spacial score (nSPS) is 23.9. The maximum absolute atomic E-state index is 13.4. The number of hydrogen-bond acceptors (Lipinski definition) is 3. The first-order valence-corrected chi connectivity index (χ1v) is 16.2. The Morgan fingerprint density at radius 1 is 0.905 bits per heavy atom. The number of aromatic nitrogens is 2. The number of amides is 1. The van der Waals surface area contributed by atoms with Gasteiger partial charge in [-0.1, -0.05) is 65.7 Å². The number of nitrogens with zero attached hydrogens (tertiary/aromatic N) is 4. The smallest absolute Gasteiger partial charge is 0.255 e. The summed E-state index contributed by atoms with van der Waals surface area (Å²) in [6, 6.07) is 26.5. The van der Waals surface area contributed by atoms with Gasteiger partial charge < -0.3 is 9.47 Å². The molecule has 3 aliphatic heterocycles. The molecule has 4 heterocycles. The van der Waals surface area contributed by atoms with Crippen LogP contribution in [0.15, 0.2) is 72.8 Å². The van der Waals surface area contributed by atoms with Crippen molar-refractivity contribution < 1.29 is 4.79 Å². The van der Waals surface area contributed by atoms with Gasteiger partial charge in [0.15, 0.2) is 0 Å². The highest BCUT2D eigenvalue weighted by Gasteiger charge is 2.44. The average molecular weight is 602 g/mol. The Morgan fingerprint density at radius 2 is 1.60 bits per heavy atom. The number of likely N-dealkylation sites (tertiary alicyclic amines) is 1. The molecule has 218 valence electrons. The lowest BCUT2D eigenvalue weighted by Crippen LogP contribution is -2.49. The molecule has 42 heavy (non-hydrogen) atoms. The molecule has 4 aromatic rings. The molecule has 5 nitrogen and oxygen atoms in total. The molecule has 2 bridgehead atoms. The molecule has 0 aliphatic carbocycles. The van der Waals surface area contributed by atoms with Crippen LogP contribution in [-0.4, -0.2) is 57.0 Å². The molecule has 3 fully saturated rings. The first-order valence-electron chi connectivity index (χ1n) is 15.4. The monoisotopic (exact) mass is 600 g/mol. The zero-order valence-electron chi connectivity index (χ0n) is 24.2. The highest BCUT2D eigenvalue weighted by Crippen LogP contribution is 2.45. The molecule has 0 unspecified atom stereocenters. The number of fused-ring (bicyclic) bond motifs is 3. The van der Waals surface area contributed by atoms with Gasteiger partial charge >= 0.3 is 0 Å². The average Bonchev–Trinajstić information content (AvgIpc) is 3.46. The van der Waals surface area contributed by atoms with Crippen LogP contribution in [0.4, 0.5) is 0 Å². The number of rotatable bonds is 6. The van der Waals surface area contributed by atoms with E-state index < -0.39 is 0 Å². The van der Waals surface area contributed by atoms with Crippen LogP contribution in [0.5, 0.6) is 0 Å². The van der Waals surface area contributed by atoms with Crippen molar-refractivity contribution in [1.82, 2.24) is 19.4 Å². The van der Waals surface area contributed by atoms with Crippen molar-refractivity contribution in [1.29, 1.82) is 0 Å². The van der Waals surface area contributed by atoms with Crippen LogP contribution in [0.1, 0.15) is 72.7 Å². The SMILES string of the molecule is Cc1nc2ccccc2n1[C@H]1C[C@H]2CC[C@@H](C1)N2CCC1(c2ccccc2)CCN(C(=O)c2ccc(Cl)cc2Cl)CC1. The summed E-state index contributed by atoms with van der Waals surface area (Å²) in [4.78, 5) is 23.1. The Balaban J connectivity index is 1.06. The second-order valence-corrected chi connectivity index (χ2v) is 13.4. The van der Waals surface area contributed by atoms with Crippen LogP contribution < -0.4 is 0 Å². The van der Waals surface area contributed by atoms with E-state index in [1.165, 1.54) is 36.8 Å². The first kappa shape index (κ1) is 27.9. The van der Waals surface area contributed by atoms with Gasteiger partial charge in [-0.05, 0) is 99.7 Å². The minimum Gasteiger partial charge on any atom is -0.339 e. The van der Waals surface area contributed by atoms with E-state index in [4.69, 9.17) is 28.2 Å². The van der Waals surface area contributed by atoms with E-state index in [1.807, 2.05) is 4.90 Å². The van der Waals surface area contributed by atoms with Crippen molar-refractivity contribution in [3.8, 4) is 0 Å². The van der Waals surface area contributed by atoms with Crippen LogP contribution in [0.3, 0.4) is 0 Å². The summed E-state index contributed by atoms with van der Waals surface area (Å²) < 4.78 is 2.52. The fourth-order valence-corrected chi connectivity index (χ4v) is 8.73. The third-order valence-corrected chi connectivity index (χ3v) is 10.9. The van der Waals surface area contributed by atoms with Crippen molar-refractivity contribution in [2.75, 3.05) is 19.6 Å². The third-order valence-electron chi connectivity index (χ3n) is 10.4. The number of hydrogen-bond donors (Lipinski definition) is 0. The highest BCUT2D eigenvalue weighted by atomic mass is 35.5. The predicted octanol–water partition coefficient (Wildman–Crippen LogP) is 8.08. The van der Waals surface area contributed by atoms with Crippen molar-refractivity contribution >= 4 is 40.1 Å². The molecule has 0 spiro atoms. The Labute approximate surface area is 258 Å². The largest absolute Gasteiger partial charge is 0.339 e. The van der Waals surface area contributed by atoms with Gasteiger partial charge in [-0.15, -0.1) is 0 Å². The molecule has 3 aliphatic rings. The van der Waals surface area contributed by atoms with E-state index in [0.29, 0.717) is 33.7 Å². The maximum Gasteiger partial charge on any atom is 0.255 e. The second-order valence-electron chi connectivity index (χ2n) is 12.6. The number of piperidine rings is 2. The summed E-state index contributed by atoms with van der Waals surface area (Å²) in [6.07, 6.45) is 8.00. The van der Waals surface area contributed by atoms with Crippen molar-refractivity contribution in [3.63, 3.8) is 0 Å². The van der Waals surface area contributed by atoms with Gasteiger partial charge in [0, 0.05) is 36.2 Å². The van der Waals surface area contributed by atoms with Gasteiger partial charge in [0.1, 0.15) is 5.82 Å². The molecule has 3 atom stereocenters. The molecular weight excluding hydrogens is 563 g/mol. The lowest BCUT2D eigenvalue weighted by Gasteiger charge is -2.45. The summed E-state index contributed by atoms with van der Waals surface area (Å²) in [5, 5.41) is 0.968. The van der Waals surface area contributed by atoms with E-state index >= 15 is 0 Å². The fraction of sp³-hybridized carbons (Fsp3) is 0.429. The molecule has 3 saturated heterocycles. The minimum atomic E-state index is 0.000708. The van der Waals surface area contributed by atoms with E-state index in [9.17, 15) is 4.79 Å². The topological polar surface area (TPSA) is 41.4 Å². The zero-order chi connectivity index (χ0) is 28.8. The van der Waals surface area contributed by atoms with Gasteiger partial charge in [-0.3, -0.25) is 9.69 Å². The van der Waals surface area contributed by atoms with E-state index in [-0.39, 0.29) is 11.3 Å². The van der Waals surface area contributed by atoms with Gasteiger partial charge in [0.25, 0.3) is 5.91 Å². The van der Waals surface area contributed by atoms with Crippen molar-refractivity contribution in [3.05, 3.63) is 99.8 Å². The Hall–Kier alpha value is -2.86. The number of para-hydroxylation sites is 2. The van der Waals surface area contributed by atoms with Crippen LogP contribution >= 0.6 is 23.2 Å². The van der Waals surface area contributed by atoms with Crippen molar-refractivity contribution in [2.24, 2.45) is 0 Å². The predicted molar refractivity (Wildman–Crippen MR) is 171 cm³/mol. The molecule has 0 saturated carbocycles. The fourth-order valence-electron chi connectivity index (χ4n) is 8.24. The molecule has 3 aromatic carbocycles. The molecule has 0 N–H and O–H groups in total. The molecule has 7 rings (SSSR count). The van der Waals surface area contributed by atoms with Crippen LogP contribution in [0.2, 0.25) is 10.0 Å². The number of halogens is 2. The van der Waals surface area contributed by atoms with Crippen LogP contribution in [-0.2, 0) is 5.41 Å². The third kappa shape index (κ3) is 5.04. The lowest BCUT2D eigenvalue weighted by atomic mass is 9.70. The van der Waals surface area contributed by atoms with Gasteiger partial charge in [0.05, 0.1) is 21.6 Å². The van der Waals surface area contributed by atoms with Crippen molar-refractivity contribution in [2.45, 2.75) is 75.4 Å². The summed E-state index contributed by atoms with van der Waals surface area (Å²) in [7, 11) is 0. The van der Waals surface area contributed by atoms with Crippen LogP contribution in [0, 0.1) is 6.92 Å². The lowest BCUT2D eigenvalue weighted by molar-refractivity contribution is 0.0607. The van der Waals surface area contributed by atoms with Gasteiger partial charge in [-0.25, -0.2) is 4.98 Å². The number of imidazole rings is 1. The standard InChI is InChI=1S/C35H38Cl2N4O/c1-24-38-32-9-5-6-10-33(32)41(24)29-22-27-12-13-28(23-29)40(27)20-17-35(25-7-3-2-4-8-25)15-18-39(19-16-35)34(42)30-14-11-26(36)21-31(30)37/h2-11,14,21,27-29H,12-13,15-20,22-23H2,1H3/t27-,28+,29+. The number of carbonyl (C=O) groups is 1. The molecular formula is C35H38Cl2N4O. The van der Waals surface area contributed by atoms with Gasteiger partial charge in [0.2, 0.25) is 0 Å². The van der Waals surface area contributed by atoms with Gasteiger partial charge in [-0.2, -0.15) is 0 Å². The van der Waals surface area contributed by atoms with Crippen LogP contribution in [0.25, 0.3) is 11.0 Å². The Bertz CT molecular complexity index is 1580.